The van der Waals surface area contributed by atoms with E-state index < -0.39 is 17.8 Å². The number of nitrogens with one attached hydrogen (secondary N) is 1. The molecule has 2 rings (SSSR count). The predicted molar refractivity (Wildman–Crippen MR) is 80.9 cm³/mol. The average molecular weight is 289 g/mol. The molecule has 1 aliphatic rings. The summed E-state index contributed by atoms with van der Waals surface area (Å²) in [5.41, 5.74) is 3.39. The molecule has 0 aliphatic heterocycles. The van der Waals surface area contributed by atoms with Crippen LogP contribution in [0, 0.1) is 25.7 Å². The summed E-state index contributed by atoms with van der Waals surface area (Å²) in [6.07, 6.45) is 2.08. The maximum Gasteiger partial charge on any atom is 0.307 e. The molecule has 3 unspecified atom stereocenters. The molecule has 1 saturated carbocycles. The van der Waals surface area contributed by atoms with Gasteiger partial charge in [0.15, 0.2) is 0 Å². The molecule has 1 aliphatic carbocycles. The van der Waals surface area contributed by atoms with Crippen molar-refractivity contribution >= 4 is 11.9 Å². The molecule has 2 N–H and O–H groups in total. The first-order valence-electron chi connectivity index (χ1n) is 7.50. The van der Waals surface area contributed by atoms with Crippen LogP contribution in [0.3, 0.4) is 0 Å². The second-order valence-electron chi connectivity index (χ2n) is 6.13. The van der Waals surface area contributed by atoms with Crippen molar-refractivity contribution < 1.29 is 14.7 Å². The quantitative estimate of drug-likeness (QED) is 0.895. The van der Waals surface area contributed by atoms with Crippen molar-refractivity contribution in [1.29, 1.82) is 0 Å². The van der Waals surface area contributed by atoms with Crippen LogP contribution in [0.15, 0.2) is 18.2 Å². The maximum atomic E-state index is 12.3. The molecule has 21 heavy (non-hydrogen) atoms. The molecule has 4 nitrogen and oxygen atoms in total. The van der Waals surface area contributed by atoms with E-state index in [2.05, 4.69) is 23.5 Å². The van der Waals surface area contributed by atoms with E-state index in [1.54, 1.807) is 0 Å². The first-order chi connectivity index (χ1) is 9.88. The number of carboxylic acid groups (broad SMARTS) is 1. The Labute approximate surface area is 125 Å². The summed E-state index contributed by atoms with van der Waals surface area (Å²) in [6, 6.07) is 6.10. The van der Waals surface area contributed by atoms with E-state index in [0.29, 0.717) is 12.8 Å². The Morgan fingerprint density at radius 2 is 1.71 bits per heavy atom. The largest absolute Gasteiger partial charge is 0.481 e. The summed E-state index contributed by atoms with van der Waals surface area (Å²) >= 11 is 0. The Balaban J connectivity index is 2.06. The minimum atomic E-state index is -0.855. The van der Waals surface area contributed by atoms with Crippen molar-refractivity contribution in [2.24, 2.45) is 11.8 Å². The second-order valence-corrected chi connectivity index (χ2v) is 6.13. The first kappa shape index (κ1) is 15.5. The highest BCUT2D eigenvalue weighted by Gasteiger charge is 2.38. The number of carbonyl (C=O) groups is 2. The number of amides is 1. The molecule has 1 amide bonds. The Morgan fingerprint density at radius 3 is 2.29 bits per heavy atom. The van der Waals surface area contributed by atoms with Crippen LogP contribution in [-0.2, 0) is 9.59 Å². The van der Waals surface area contributed by atoms with Gasteiger partial charge in [0, 0.05) is 0 Å². The SMILES string of the molecule is Cc1cc(C)cc(C(C)NC(=O)C2CCCC2C(=O)O)c1. The molecular formula is C17H23NO3. The highest BCUT2D eigenvalue weighted by molar-refractivity contribution is 5.85. The minimum absolute atomic E-state index is 0.105. The van der Waals surface area contributed by atoms with Gasteiger partial charge in [-0.3, -0.25) is 9.59 Å². The lowest BCUT2D eigenvalue weighted by atomic mass is 9.94. The third kappa shape index (κ3) is 3.63. The van der Waals surface area contributed by atoms with Crippen molar-refractivity contribution in [3.05, 3.63) is 34.9 Å². The van der Waals surface area contributed by atoms with Gasteiger partial charge in [-0.1, -0.05) is 35.7 Å². The highest BCUT2D eigenvalue weighted by Crippen LogP contribution is 2.32. The van der Waals surface area contributed by atoms with Gasteiger partial charge >= 0.3 is 5.97 Å². The van der Waals surface area contributed by atoms with Crippen LogP contribution in [0.1, 0.15) is 48.9 Å². The van der Waals surface area contributed by atoms with Crippen LogP contribution >= 0.6 is 0 Å². The molecule has 0 bridgehead atoms. The van der Waals surface area contributed by atoms with E-state index in [4.69, 9.17) is 0 Å². The van der Waals surface area contributed by atoms with Crippen LogP contribution < -0.4 is 5.32 Å². The molecule has 3 atom stereocenters. The summed E-state index contributed by atoms with van der Waals surface area (Å²) in [5, 5.41) is 12.2. The van der Waals surface area contributed by atoms with Gasteiger partial charge in [0.25, 0.3) is 0 Å². The fourth-order valence-corrected chi connectivity index (χ4v) is 3.23. The topological polar surface area (TPSA) is 66.4 Å². The smallest absolute Gasteiger partial charge is 0.307 e. The van der Waals surface area contributed by atoms with Crippen LogP contribution in [0.2, 0.25) is 0 Å². The summed E-state index contributed by atoms with van der Waals surface area (Å²) in [6.45, 7) is 6.00. The lowest BCUT2D eigenvalue weighted by Gasteiger charge is -2.20. The van der Waals surface area contributed by atoms with Crippen LogP contribution in [0.5, 0.6) is 0 Å². The fraction of sp³-hybridized carbons (Fsp3) is 0.529. The molecule has 0 aromatic heterocycles. The Kier molecular flexibility index (Phi) is 4.66. The molecular weight excluding hydrogens is 266 g/mol. The van der Waals surface area contributed by atoms with Gasteiger partial charge < -0.3 is 10.4 Å². The van der Waals surface area contributed by atoms with Gasteiger partial charge in [0.05, 0.1) is 17.9 Å². The fourth-order valence-electron chi connectivity index (χ4n) is 3.23. The highest BCUT2D eigenvalue weighted by atomic mass is 16.4. The zero-order valence-electron chi connectivity index (χ0n) is 12.8. The molecule has 1 aromatic carbocycles. The van der Waals surface area contributed by atoms with Crippen molar-refractivity contribution in [1.82, 2.24) is 5.32 Å². The molecule has 4 heteroatoms. The number of hydrogen-bond acceptors (Lipinski definition) is 2. The van der Waals surface area contributed by atoms with Crippen molar-refractivity contribution in [2.45, 2.75) is 46.1 Å². The molecule has 1 aromatic rings. The molecule has 0 saturated heterocycles. The summed E-state index contributed by atoms with van der Waals surface area (Å²) in [7, 11) is 0. The number of aliphatic carboxylic acids is 1. The van der Waals surface area contributed by atoms with E-state index in [-0.39, 0.29) is 11.9 Å². The van der Waals surface area contributed by atoms with E-state index in [0.717, 1.165) is 23.1 Å². The van der Waals surface area contributed by atoms with Crippen LogP contribution in [0.4, 0.5) is 0 Å². The standard InChI is InChI=1S/C17H23NO3/c1-10-7-11(2)9-13(8-10)12(3)18-16(19)14-5-4-6-15(14)17(20)21/h7-9,12,14-15H,4-6H2,1-3H3,(H,18,19)(H,20,21). The zero-order valence-corrected chi connectivity index (χ0v) is 12.8. The van der Waals surface area contributed by atoms with Gasteiger partial charge in [-0.05, 0) is 39.2 Å². The van der Waals surface area contributed by atoms with E-state index in [1.807, 2.05) is 20.8 Å². The van der Waals surface area contributed by atoms with Crippen molar-refractivity contribution in [3.63, 3.8) is 0 Å². The molecule has 0 radical (unpaired) electrons. The Morgan fingerprint density at radius 1 is 1.14 bits per heavy atom. The Bertz CT molecular complexity index is 533. The maximum absolute atomic E-state index is 12.3. The van der Waals surface area contributed by atoms with Gasteiger partial charge in [0.1, 0.15) is 0 Å². The number of rotatable bonds is 4. The van der Waals surface area contributed by atoms with Crippen LogP contribution in [0.25, 0.3) is 0 Å². The van der Waals surface area contributed by atoms with Gasteiger partial charge in [-0.2, -0.15) is 0 Å². The number of benzene rings is 1. The van der Waals surface area contributed by atoms with Gasteiger partial charge in [-0.15, -0.1) is 0 Å². The predicted octanol–water partition coefficient (Wildman–Crippen LogP) is 2.98. The van der Waals surface area contributed by atoms with Crippen molar-refractivity contribution in [2.75, 3.05) is 0 Å². The first-order valence-corrected chi connectivity index (χ1v) is 7.50. The monoisotopic (exact) mass is 289 g/mol. The third-order valence-electron chi connectivity index (χ3n) is 4.27. The number of carboxylic acids is 1. The number of hydrogen-bond donors (Lipinski definition) is 2. The van der Waals surface area contributed by atoms with Gasteiger partial charge in [0.2, 0.25) is 5.91 Å². The van der Waals surface area contributed by atoms with Crippen molar-refractivity contribution in [3.8, 4) is 0 Å². The molecule has 114 valence electrons. The minimum Gasteiger partial charge on any atom is -0.481 e. The lowest BCUT2D eigenvalue weighted by Crippen LogP contribution is -2.36. The van der Waals surface area contributed by atoms with Crippen LogP contribution in [-0.4, -0.2) is 17.0 Å². The number of aryl methyl sites for hydroxylation is 2. The third-order valence-corrected chi connectivity index (χ3v) is 4.27. The summed E-state index contributed by atoms with van der Waals surface area (Å²) in [4.78, 5) is 23.5. The number of carbonyl (C=O) groups excluding carboxylic acids is 1. The molecule has 0 heterocycles. The average Bonchev–Trinajstić information content (AvgIpc) is 2.86. The van der Waals surface area contributed by atoms with E-state index >= 15 is 0 Å². The van der Waals surface area contributed by atoms with E-state index in [9.17, 15) is 14.7 Å². The molecule has 1 fully saturated rings. The van der Waals surface area contributed by atoms with E-state index in [1.165, 1.54) is 0 Å². The summed E-state index contributed by atoms with van der Waals surface area (Å²) < 4.78 is 0. The second kappa shape index (κ2) is 6.29. The summed E-state index contributed by atoms with van der Waals surface area (Å²) in [5.74, 6) is -1.91. The van der Waals surface area contributed by atoms with Gasteiger partial charge in [-0.25, -0.2) is 0 Å². The molecule has 0 spiro atoms. The zero-order chi connectivity index (χ0) is 15.6. The normalized spacial score (nSPS) is 22.8. The lowest BCUT2D eigenvalue weighted by molar-refractivity contribution is -0.146. The Hall–Kier alpha value is -1.84.